The molecule has 0 spiro atoms. The van der Waals surface area contributed by atoms with Gasteiger partial charge in [0.15, 0.2) is 0 Å². The van der Waals surface area contributed by atoms with E-state index in [0.29, 0.717) is 5.54 Å². The van der Waals surface area contributed by atoms with Gasteiger partial charge in [-0.3, -0.25) is 4.90 Å². The Morgan fingerprint density at radius 1 is 0.850 bits per heavy atom. The van der Waals surface area contributed by atoms with Gasteiger partial charge in [-0.1, -0.05) is 49.6 Å². The van der Waals surface area contributed by atoms with Crippen LogP contribution in [-0.4, -0.2) is 43.0 Å². The molecule has 0 radical (unpaired) electrons. The molecule has 3 rings (SSSR count). The van der Waals surface area contributed by atoms with Crippen LogP contribution in [-0.2, 0) is 5.54 Å². The van der Waals surface area contributed by atoms with Gasteiger partial charge in [-0.05, 0) is 25.5 Å². The molecule has 112 valence electrons. The summed E-state index contributed by atoms with van der Waals surface area (Å²) in [7, 11) is 2.24. The van der Waals surface area contributed by atoms with Crippen molar-refractivity contribution in [2.24, 2.45) is 0 Å². The first-order chi connectivity index (χ1) is 9.31. The largest absolute Gasteiger partial charge is 0.304 e. The molecule has 0 unspecified atom stereocenters. The highest BCUT2D eigenvalue weighted by atomic mass is 35.5. The van der Waals surface area contributed by atoms with Crippen molar-refractivity contribution in [1.29, 1.82) is 0 Å². The third kappa shape index (κ3) is 3.03. The average molecular weight is 295 g/mol. The molecule has 1 aromatic rings. The highest BCUT2D eigenvalue weighted by Crippen LogP contribution is 2.42. The fourth-order valence-electron chi connectivity index (χ4n) is 3.91. The topological polar surface area (TPSA) is 6.48 Å². The predicted molar refractivity (Wildman–Crippen MR) is 87.5 cm³/mol. The summed E-state index contributed by atoms with van der Waals surface area (Å²) in [5.41, 5.74) is 1.89. The third-order valence-corrected chi connectivity index (χ3v) is 5.10. The van der Waals surface area contributed by atoms with E-state index in [-0.39, 0.29) is 12.4 Å². The van der Waals surface area contributed by atoms with Crippen LogP contribution in [0.2, 0.25) is 0 Å². The molecule has 0 aromatic heterocycles. The zero-order chi connectivity index (χ0) is 13.1. The van der Waals surface area contributed by atoms with Crippen LogP contribution in [0.3, 0.4) is 0 Å². The lowest BCUT2D eigenvalue weighted by Gasteiger charge is -2.50. The van der Waals surface area contributed by atoms with E-state index < -0.39 is 0 Å². The molecule has 0 amide bonds. The first-order valence-electron chi connectivity index (χ1n) is 7.80. The van der Waals surface area contributed by atoms with Crippen LogP contribution >= 0.6 is 12.4 Å². The van der Waals surface area contributed by atoms with Gasteiger partial charge in [-0.2, -0.15) is 0 Å². The van der Waals surface area contributed by atoms with Crippen LogP contribution < -0.4 is 0 Å². The maximum Gasteiger partial charge on any atom is 0.0461 e. The highest BCUT2D eigenvalue weighted by Gasteiger charge is 2.40. The molecule has 1 aliphatic heterocycles. The van der Waals surface area contributed by atoms with Crippen LogP contribution in [0, 0.1) is 0 Å². The smallest absolute Gasteiger partial charge is 0.0461 e. The average Bonchev–Trinajstić information content (AvgIpc) is 2.49. The Hall–Kier alpha value is -0.570. The number of hydrogen-bond acceptors (Lipinski definition) is 2. The van der Waals surface area contributed by atoms with Gasteiger partial charge in [0.05, 0.1) is 0 Å². The second kappa shape index (κ2) is 6.93. The first-order valence-corrected chi connectivity index (χ1v) is 7.80. The number of piperazine rings is 1. The van der Waals surface area contributed by atoms with Crippen LogP contribution in [0.4, 0.5) is 0 Å². The molecular formula is C17H27ClN2. The molecular weight excluding hydrogens is 268 g/mol. The van der Waals surface area contributed by atoms with Crippen molar-refractivity contribution in [2.75, 3.05) is 33.2 Å². The molecule has 0 N–H and O–H groups in total. The van der Waals surface area contributed by atoms with Gasteiger partial charge >= 0.3 is 0 Å². The van der Waals surface area contributed by atoms with Gasteiger partial charge in [0.25, 0.3) is 0 Å². The number of nitrogens with zero attached hydrogens (tertiary/aromatic N) is 2. The van der Waals surface area contributed by atoms with E-state index in [2.05, 4.69) is 47.2 Å². The maximum atomic E-state index is 2.78. The molecule has 3 heteroatoms. The number of hydrogen-bond donors (Lipinski definition) is 0. The lowest BCUT2D eigenvalue weighted by Crippen LogP contribution is -2.55. The molecule has 1 saturated heterocycles. The summed E-state index contributed by atoms with van der Waals surface area (Å²) in [5.74, 6) is 0. The summed E-state index contributed by atoms with van der Waals surface area (Å²) in [5, 5.41) is 0. The zero-order valence-electron chi connectivity index (χ0n) is 12.6. The quantitative estimate of drug-likeness (QED) is 0.823. The normalized spacial score (nSPS) is 24.1. The van der Waals surface area contributed by atoms with E-state index in [0.717, 1.165) is 0 Å². The Morgan fingerprint density at radius 2 is 1.45 bits per heavy atom. The zero-order valence-corrected chi connectivity index (χ0v) is 13.4. The summed E-state index contributed by atoms with van der Waals surface area (Å²) in [6.07, 6.45) is 6.90. The molecule has 2 fully saturated rings. The Kier molecular flexibility index (Phi) is 5.48. The minimum absolute atomic E-state index is 0. The molecule has 2 nitrogen and oxygen atoms in total. The van der Waals surface area contributed by atoms with Crippen molar-refractivity contribution < 1.29 is 0 Å². The van der Waals surface area contributed by atoms with Gasteiger partial charge in [-0.25, -0.2) is 0 Å². The fraction of sp³-hybridized carbons (Fsp3) is 0.647. The van der Waals surface area contributed by atoms with Crippen molar-refractivity contribution in [2.45, 2.75) is 37.6 Å². The monoisotopic (exact) mass is 294 g/mol. The van der Waals surface area contributed by atoms with Crippen molar-refractivity contribution in [3.63, 3.8) is 0 Å². The van der Waals surface area contributed by atoms with E-state index in [9.17, 15) is 0 Å². The minimum Gasteiger partial charge on any atom is -0.304 e. The second-order valence-electron chi connectivity index (χ2n) is 6.25. The van der Waals surface area contributed by atoms with E-state index in [4.69, 9.17) is 0 Å². The number of benzene rings is 1. The number of rotatable bonds is 2. The molecule has 1 heterocycles. The summed E-state index contributed by atoms with van der Waals surface area (Å²) >= 11 is 0. The lowest BCUT2D eigenvalue weighted by atomic mass is 9.75. The maximum absolute atomic E-state index is 2.78. The van der Waals surface area contributed by atoms with Crippen molar-refractivity contribution in [3.8, 4) is 0 Å². The molecule has 2 aliphatic rings. The summed E-state index contributed by atoms with van der Waals surface area (Å²) in [6.45, 7) is 4.89. The molecule has 1 aliphatic carbocycles. The van der Waals surface area contributed by atoms with Crippen LogP contribution in [0.5, 0.6) is 0 Å². The van der Waals surface area contributed by atoms with Crippen molar-refractivity contribution in [3.05, 3.63) is 35.9 Å². The predicted octanol–water partition coefficient (Wildman–Crippen LogP) is 3.52. The summed E-state index contributed by atoms with van der Waals surface area (Å²) in [4.78, 5) is 5.24. The van der Waals surface area contributed by atoms with Crippen molar-refractivity contribution in [1.82, 2.24) is 9.80 Å². The SMILES string of the molecule is CN1CCN(C2(c3ccccc3)CCCCC2)CC1.Cl. The number of likely N-dealkylation sites (N-methyl/N-ethyl adjacent to an activating group) is 1. The van der Waals surface area contributed by atoms with Gasteiger partial charge in [0.2, 0.25) is 0 Å². The Balaban J connectivity index is 0.00000147. The van der Waals surface area contributed by atoms with E-state index in [1.54, 1.807) is 5.56 Å². The molecule has 20 heavy (non-hydrogen) atoms. The Bertz CT molecular complexity index is 393. The molecule has 1 aromatic carbocycles. The summed E-state index contributed by atoms with van der Waals surface area (Å²) in [6, 6.07) is 11.3. The minimum atomic E-state index is 0. The van der Waals surface area contributed by atoms with Gasteiger partial charge in [0.1, 0.15) is 0 Å². The van der Waals surface area contributed by atoms with E-state index in [1.807, 2.05) is 0 Å². The first kappa shape index (κ1) is 15.8. The van der Waals surface area contributed by atoms with Crippen LogP contribution in [0.1, 0.15) is 37.7 Å². The lowest BCUT2D eigenvalue weighted by molar-refractivity contribution is 0.0102. The molecule has 1 saturated carbocycles. The van der Waals surface area contributed by atoms with Gasteiger partial charge in [0, 0.05) is 31.7 Å². The third-order valence-electron chi connectivity index (χ3n) is 5.10. The van der Waals surface area contributed by atoms with Gasteiger partial charge in [-0.15, -0.1) is 12.4 Å². The second-order valence-corrected chi connectivity index (χ2v) is 6.25. The van der Waals surface area contributed by atoms with Crippen LogP contribution in [0.15, 0.2) is 30.3 Å². The highest BCUT2D eigenvalue weighted by molar-refractivity contribution is 5.85. The molecule has 0 bridgehead atoms. The van der Waals surface area contributed by atoms with E-state index >= 15 is 0 Å². The summed E-state index contributed by atoms with van der Waals surface area (Å²) < 4.78 is 0. The van der Waals surface area contributed by atoms with Gasteiger partial charge < -0.3 is 4.90 Å². The van der Waals surface area contributed by atoms with Crippen molar-refractivity contribution >= 4 is 12.4 Å². The number of halogens is 1. The fourth-order valence-corrected chi connectivity index (χ4v) is 3.91. The standard InChI is InChI=1S/C17H26N2.ClH/c1-18-12-14-19(15-13-18)17(10-6-3-7-11-17)16-8-4-2-5-9-16;/h2,4-5,8-9H,3,6-7,10-15H2,1H3;1H. The van der Waals surface area contributed by atoms with E-state index in [1.165, 1.54) is 58.3 Å². The molecule has 0 atom stereocenters. The Morgan fingerprint density at radius 3 is 2.05 bits per heavy atom. The Labute approximate surface area is 129 Å². The van der Waals surface area contributed by atoms with Crippen LogP contribution in [0.25, 0.3) is 0 Å².